The number of hydrogen-bond donors (Lipinski definition) is 2. The van der Waals surface area contributed by atoms with Crippen molar-refractivity contribution >= 4 is 28.5 Å². The minimum Gasteiger partial charge on any atom is -0.482 e. The molecule has 0 bridgehead atoms. The molecule has 0 radical (unpaired) electrons. The molecule has 2 aromatic carbocycles. The first-order valence-corrected chi connectivity index (χ1v) is 10.3. The highest BCUT2D eigenvalue weighted by molar-refractivity contribution is 6.32. The number of amides is 1. The van der Waals surface area contributed by atoms with Crippen molar-refractivity contribution in [3.8, 4) is 5.75 Å². The van der Waals surface area contributed by atoms with E-state index in [2.05, 4.69) is 5.32 Å². The van der Waals surface area contributed by atoms with Crippen LogP contribution in [0.1, 0.15) is 35.6 Å². The van der Waals surface area contributed by atoms with Gasteiger partial charge in [0.2, 0.25) is 0 Å². The average molecular weight is 428 g/mol. The molecule has 0 fully saturated rings. The zero-order chi connectivity index (χ0) is 21.1. The normalized spacial score (nSPS) is 14.2. The largest absolute Gasteiger partial charge is 0.482 e. The molecule has 1 aliphatic rings. The van der Waals surface area contributed by atoms with E-state index in [0.717, 1.165) is 47.8 Å². The standard InChI is InChI=1S/C23H22ClNO5/c24-18-10-17-15-8-4-5-9-16(15)23(28)30-20(17)11-21(18)29-13-22(27)25-12-19(26)14-6-2-1-3-7-14/h1-3,6-7,10-11,19,26H,4-5,8-9,12-13H2,(H,25,27). The SMILES string of the molecule is O=C(COc1cc2oc(=O)c3c(c2cc1Cl)CCCC3)NCC(O)c1ccccc1. The number of aliphatic hydroxyl groups is 1. The number of nitrogens with one attached hydrogen (secondary N) is 1. The van der Waals surface area contributed by atoms with E-state index in [-0.39, 0.29) is 24.5 Å². The molecule has 30 heavy (non-hydrogen) atoms. The number of aliphatic hydroxyl groups excluding tert-OH is 1. The molecule has 1 aromatic heterocycles. The lowest BCUT2D eigenvalue weighted by atomic mass is 9.91. The Labute approximate surface area is 178 Å². The number of rotatable bonds is 6. The zero-order valence-electron chi connectivity index (χ0n) is 16.3. The third-order valence-electron chi connectivity index (χ3n) is 5.31. The van der Waals surface area contributed by atoms with E-state index in [1.165, 1.54) is 0 Å². The van der Waals surface area contributed by atoms with Gasteiger partial charge in [-0.15, -0.1) is 0 Å². The molecule has 1 atom stereocenters. The molecule has 1 aliphatic carbocycles. The minimum absolute atomic E-state index is 0.0681. The number of ether oxygens (including phenoxy) is 1. The van der Waals surface area contributed by atoms with Crippen LogP contribution >= 0.6 is 11.6 Å². The van der Waals surface area contributed by atoms with Gasteiger partial charge in [-0.1, -0.05) is 41.9 Å². The molecule has 4 rings (SSSR count). The number of carbonyl (C=O) groups excluding carboxylic acids is 1. The lowest BCUT2D eigenvalue weighted by Crippen LogP contribution is -2.32. The summed E-state index contributed by atoms with van der Waals surface area (Å²) >= 11 is 6.36. The topological polar surface area (TPSA) is 88.8 Å². The fourth-order valence-electron chi connectivity index (χ4n) is 3.75. The molecule has 7 heteroatoms. The van der Waals surface area contributed by atoms with Crippen LogP contribution in [0.15, 0.2) is 51.7 Å². The molecular formula is C23H22ClNO5. The summed E-state index contributed by atoms with van der Waals surface area (Å²) in [6.45, 7) is -0.208. The van der Waals surface area contributed by atoms with Crippen molar-refractivity contribution in [2.24, 2.45) is 0 Å². The van der Waals surface area contributed by atoms with Crippen LogP contribution in [0.4, 0.5) is 0 Å². The number of benzene rings is 2. The van der Waals surface area contributed by atoms with Crippen LogP contribution in [0.25, 0.3) is 11.0 Å². The van der Waals surface area contributed by atoms with E-state index < -0.39 is 12.0 Å². The Kier molecular flexibility index (Phi) is 6.06. The summed E-state index contributed by atoms with van der Waals surface area (Å²) in [6.07, 6.45) is 2.74. The van der Waals surface area contributed by atoms with Crippen LogP contribution in [0.5, 0.6) is 5.75 Å². The second-order valence-electron chi connectivity index (χ2n) is 7.35. The summed E-state index contributed by atoms with van der Waals surface area (Å²) in [7, 11) is 0. The molecular weight excluding hydrogens is 406 g/mol. The number of halogens is 1. The Balaban J connectivity index is 1.43. The van der Waals surface area contributed by atoms with Gasteiger partial charge in [0.1, 0.15) is 11.3 Å². The fraction of sp³-hybridized carbons (Fsp3) is 0.304. The molecule has 156 valence electrons. The maximum absolute atomic E-state index is 12.3. The predicted molar refractivity (Wildman–Crippen MR) is 114 cm³/mol. The number of hydrogen-bond acceptors (Lipinski definition) is 5. The average Bonchev–Trinajstić information content (AvgIpc) is 2.77. The molecule has 1 heterocycles. The molecule has 0 saturated heterocycles. The highest BCUT2D eigenvalue weighted by Crippen LogP contribution is 2.34. The summed E-state index contributed by atoms with van der Waals surface area (Å²) in [4.78, 5) is 24.4. The fourth-order valence-corrected chi connectivity index (χ4v) is 3.97. The second kappa shape index (κ2) is 8.90. The monoisotopic (exact) mass is 427 g/mol. The van der Waals surface area contributed by atoms with E-state index >= 15 is 0 Å². The molecule has 6 nitrogen and oxygen atoms in total. The highest BCUT2D eigenvalue weighted by atomic mass is 35.5. The lowest BCUT2D eigenvalue weighted by Gasteiger charge is -2.17. The summed E-state index contributed by atoms with van der Waals surface area (Å²) in [6, 6.07) is 12.4. The Morgan fingerprint density at radius 2 is 1.90 bits per heavy atom. The molecule has 2 N–H and O–H groups in total. The van der Waals surface area contributed by atoms with Gasteiger partial charge < -0.3 is 19.6 Å². The van der Waals surface area contributed by atoms with Crippen LogP contribution in [0, 0.1) is 0 Å². The van der Waals surface area contributed by atoms with E-state index in [1.807, 2.05) is 18.2 Å². The maximum Gasteiger partial charge on any atom is 0.339 e. The van der Waals surface area contributed by atoms with Crippen LogP contribution in [-0.4, -0.2) is 24.2 Å². The van der Waals surface area contributed by atoms with Crippen molar-refractivity contribution in [2.45, 2.75) is 31.8 Å². The van der Waals surface area contributed by atoms with Crippen molar-refractivity contribution in [1.29, 1.82) is 0 Å². The Hall–Kier alpha value is -2.83. The van der Waals surface area contributed by atoms with Crippen molar-refractivity contribution in [3.05, 3.63) is 74.6 Å². The lowest BCUT2D eigenvalue weighted by molar-refractivity contribution is -0.123. The van der Waals surface area contributed by atoms with Gasteiger partial charge in [0.05, 0.1) is 11.1 Å². The Bertz CT molecular complexity index is 1130. The van der Waals surface area contributed by atoms with Crippen LogP contribution in [-0.2, 0) is 17.6 Å². The first kappa shape index (κ1) is 20.4. The summed E-state index contributed by atoms with van der Waals surface area (Å²) in [5.74, 6) is -0.130. The molecule has 1 unspecified atom stereocenters. The first-order valence-electron chi connectivity index (χ1n) is 9.93. The molecule has 3 aromatic rings. The van der Waals surface area contributed by atoms with Crippen LogP contribution < -0.4 is 15.7 Å². The third-order valence-corrected chi connectivity index (χ3v) is 5.61. The Morgan fingerprint density at radius 1 is 1.17 bits per heavy atom. The summed E-state index contributed by atoms with van der Waals surface area (Å²) in [5, 5.41) is 13.9. The van der Waals surface area contributed by atoms with Gasteiger partial charge in [0.25, 0.3) is 5.91 Å². The van der Waals surface area contributed by atoms with Crippen molar-refractivity contribution in [3.63, 3.8) is 0 Å². The number of carbonyl (C=O) groups is 1. The summed E-state index contributed by atoms with van der Waals surface area (Å²) < 4.78 is 11.0. The van der Waals surface area contributed by atoms with Crippen LogP contribution in [0.3, 0.4) is 0 Å². The molecule has 1 amide bonds. The predicted octanol–water partition coefficient (Wildman–Crippen LogP) is 3.55. The van der Waals surface area contributed by atoms with E-state index in [9.17, 15) is 14.7 Å². The van der Waals surface area contributed by atoms with Gasteiger partial charge in [-0.3, -0.25) is 4.79 Å². The molecule has 0 aliphatic heterocycles. The van der Waals surface area contributed by atoms with Gasteiger partial charge in [-0.2, -0.15) is 0 Å². The quantitative estimate of drug-likeness (QED) is 0.587. The van der Waals surface area contributed by atoms with Gasteiger partial charge in [-0.25, -0.2) is 4.79 Å². The second-order valence-corrected chi connectivity index (χ2v) is 7.76. The first-order chi connectivity index (χ1) is 14.5. The van der Waals surface area contributed by atoms with E-state index in [4.69, 9.17) is 20.8 Å². The molecule has 0 saturated carbocycles. The van der Waals surface area contributed by atoms with Crippen molar-refractivity contribution in [2.75, 3.05) is 13.2 Å². The summed E-state index contributed by atoms with van der Waals surface area (Å²) in [5.41, 5.74) is 2.52. The number of fused-ring (bicyclic) bond motifs is 3. The van der Waals surface area contributed by atoms with Gasteiger partial charge in [-0.05, 0) is 42.9 Å². The van der Waals surface area contributed by atoms with E-state index in [1.54, 1.807) is 24.3 Å². The maximum atomic E-state index is 12.3. The third kappa shape index (κ3) is 4.35. The number of aryl methyl sites for hydroxylation is 1. The van der Waals surface area contributed by atoms with Gasteiger partial charge >= 0.3 is 5.63 Å². The smallest absolute Gasteiger partial charge is 0.339 e. The van der Waals surface area contributed by atoms with Crippen LogP contribution in [0.2, 0.25) is 5.02 Å². The minimum atomic E-state index is -0.806. The van der Waals surface area contributed by atoms with Gasteiger partial charge in [0.15, 0.2) is 6.61 Å². The highest BCUT2D eigenvalue weighted by Gasteiger charge is 2.20. The van der Waals surface area contributed by atoms with Crippen molar-refractivity contribution < 1.29 is 19.1 Å². The molecule has 0 spiro atoms. The zero-order valence-corrected chi connectivity index (χ0v) is 17.1. The van der Waals surface area contributed by atoms with Gasteiger partial charge in [0, 0.05) is 23.6 Å². The van der Waals surface area contributed by atoms with E-state index in [0.29, 0.717) is 10.6 Å². The van der Waals surface area contributed by atoms with Crippen molar-refractivity contribution in [1.82, 2.24) is 5.32 Å². The Morgan fingerprint density at radius 3 is 2.67 bits per heavy atom.